The molecule has 0 aliphatic heterocycles. The van der Waals surface area contributed by atoms with Gasteiger partial charge in [0.2, 0.25) is 0 Å². The molecule has 96 valence electrons. The van der Waals surface area contributed by atoms with Crippen LogP contribution in [0.5, 0.6) is 0 Å². The zero-order valence-electron chi connectivity index (χ0n) is 11.9. The minimum absolute atomic E-state index is 0.206. The molecule has 0 bridgehead atoms. The topological polar surface area (TPSA) is 12.0 Å². The van der Waals surface area contributed by atoms with Crippen molar-refractivity contribution in [2.24, 2.45) is 0 Å². The highest BCUT2D eigenvalue weighted by Crippen LogP contribution is 2.25. The molecule has 0 saturated carbocycles. The van der Waals surface area contributed by atoms with Crippen LogP contribution >= 0.6 is 11.8 Å². The van der Waals surface area contributed by atoms with Gasteiger partial charge in [-0.3, -0.25) is 0 Å². The molecular formula is C15H25NS. The summed E-state index contributed by atoms with van der Waals surface area (Å²) in [5.41, 5.74) is 2.96. The maximum Gasteiger partial charge on any atom is 0.0191 e. The summed E-state index contributed by atoms with van der Waals surface area (Å²) in [6, 6.07) is 6.72. The van der Waals surface area contributed by atoms with Gasteiger partial charge in [0.1, 0.15) is 0 Å². The minimum Gasteiger partial charge on any atom is -0.311 e. The van der Waals surface area contributed by atoms with Crippen molar-refractivity contribution in [2.75, 3.05) is 6.54 Å². The van der Waals surface area contributed by atoms with Crippen molar-refractivity contribution in [3.63, 3.8) is 0 Å². The Balaban J connectivity index is 2.50. The average molecular weight is 251 g/mol. The molecule has 0 fully saturated rings. The summed E-state index contributed by atoms with van der Waals surface area (Å²) in [6.07, 6.45) is 0. The normalized spacial score (nSPS) is 13.8. The molecule has 1 aromatic carbocycles. The Bertz CT molecular complexity index is 366. The first kappa shape index (κ1) is 14.6. The van der Waals surface area contributed by atoms with Crippen LogP contribution in [0.4, 0.5) is 0 Å². The van der Waals surface area contributed by atoms with Gasteiger partial charge in [-0.2, -0.15) is 0 Å². The number of hydrogen-bond acceptors (Lipinski definition) is 2. The van der Waals surface area contributed by atoms with Gasteiger partial charge in [-0.15, -0.1) is 11.8 Å². The third-order valence-electron chi connectivity index (χ3n) is 2.74. The van der Waals surface area contributed by atoms with E-state index in [-0.39, 0.29) is 5.54 Å². The monoisotopic (exact) mass is 251 g/mol. The van der Waals surface area contributed by atoms with Crippen LogP contribution < -0.4 is 5.32 Å². The molecule has 2 heteroatoms. The summed E-state index contributed by atoms with van der Waals surface area (Å²) in [7, 11) is 0. The number of aryl methyl sites for hydroxylation is 2. The van der Waals surface area contributed by atoms with Crippen LogP contribution in [-0.2, 0) is 0 Å². The van der Waals surface area contributed by atoms with E-state index < -0.39 is 0 Å². The highest BCUT2D eigenvalue weighted by Gasteiger charge is 2.11. The van der Waals surface area contributed by atoms with Gasteiger partial charge < -0.3 is 5.32 Å². The van der Waals surface area contributed by atoms with Crippen molar-refractivity contribution in [3.05, 3.63) is 29.3 Å². The molecule has 1 rings (SSSR count). The second-order valence-electron chi connectivity index (χ2n) is 5.81. The van der Waals surface area contributed by atoms with Crippen molar-refractivity contribution >= 4 is 11.8 Å². The Hall–Kier alpha value is -0.470. The molecule has 0 amide bonds. The first-order valence-electron chi connectivity index (χ1n) is 6.27. The molecular weight excluding hydrogens is 226 g/mol. The van der Waals surface area contributed by atoms with Crippen LogP contribution in [0.2, 0.25) is 0 Å². The first-order valence-corrected chi connectivity index (χ1v) is 7.15. The fourth-order valence-corrected chi connectivity index (χ4v) is 2.53. The molecule has 1 nitrogen and oxygen atoms in total. The Morgan fingerprint density at radius 2 is 1.82 bits per heavy atom. The zero-order chi connectivity index (χ0) is 13.1. The molecule has 1 aromatic rings. The highest BCUT2D eigenvalue weighted by atomic mass is 32.2. The molecule has 0 aromatic heterocycles. The van der Waals surface area contributed by atoms with Crippen LogP contribution in [0.1, 0.15) is 38.8 Å². The third kappa shape index (κ3) is 5.60. The predicted octanol–water partition coefficient (Wildman–Crippen LogP) is 4.17. The first-order chi connectivity index (χ1) is 7.78. The van der Waals surface area contributed by atoms with Gasteiger partial charge >= 0.3 is 0 Å². The summed E-state index contributed by atoms with van der Waals surface area (Å²) in [6.45, 7) is 14.3. The van der Waals surface area contributed by atoms with Crippen molar-refractivity contribution in [2.45, 2.75) is 57.2 Å². The van der Waals surface area contributed by atoms with E-state index in [1.807, 2.05) is 11.8 Å². The largest absolute Gasteiger partial charge is 0.311 e. The van der Waals surface area contributed by atoms with Crippen LogP contribution in [0.25, 0.3) is 0 Å². The van der Waals surface area contributed by atoms with Crippen molar-refractivity contribution < 1.29 is 0 Å². The van der Waals surface area contributed by atoms with Crippen LogP contribution in [0.3, 0.4) is 0 Å². The molecule has 0 aliphatic rings. The summed E-state index contributed by atoms with van der Waals surface area (Å²) >= 11 is 1.94. The lowest BCUT2D eigenvalue weighted by atomic mass is 10.1. The molecule has 1 atom stereocenters. The van der Waals surface area contributed by atoms with E-state index in [1.54, 1.807) is 0 Å². The number of thioether (sulfide) groups is 1. The average Bonchev–Trinajstić information content (AvgIpc) is 2.20. The van der Waals surface area contributed by atoms with Crippen LogP contribution in [0, 0.1) is 13.8 Å². The van der Waals surface area contributed by atoms with E-state index in [0.717, 1.165) is 6.54 Å². The van der Waals surface area contributed by atoms with Gasteiger partial charge in [-0.05, 0) is 57.9 Å². The van der Waals surface area contributed by atoms with E-state index in [2.05, 4.69) is 65.1 Å². The van der Waals surface area contributed by atoms with E-state index in [4.69, 9.17) is 0 Å². The maximum absolute atomic E-state index is 3.55. The summed E-state index contributed by atoms with van der Waals surface area (Å²) in [5.74, 6) is 0. The van der Waals surface area contributed by atoms with Crippen molar-refractivity contribution in [1.82, 2.24) is 5.32 Å². The summed E-state index contributed by atoms with van der Waals surface area (Å²) in [4.78, 5) is 1.37. The third-order valence-corrected chi connectivity index (χ3v) is 3.83. The standard InChI is InChI=1S/C15H25NS/c1-11-7-8-14(9-12(11)2)17-13(3)10-16-15(4,5)6/h7-9,13,16H,10H2,1-6H3. The van der Waals surface area contributed by atoms with Crippen LogP contribution in [-0.4, -0.2) is 17.3 Å². The quantitative estimate of drug-likeness (QED) is 0.806. The van der Waals surface area contributed by atoms with Gasteiger partial charge in [0.05, 0.1) is 0 Å². The lowest BCUT2D eigenvalue weighted by molar-refractivity contribution is 0.429. The van der Waals surface area contributed by atoms with Gasteiger partial charge in [0.15, 0.2) is 0 Å². The lowest BCUT2D eigenvalue weighted by Crippen LogP contribution is -2.39. The molecule has 0 spiro atoms. The number of rotatable bonds is 4. The molecule has 17 heavy (non-hydrogen) atoms. The van der Waals surface area contributed by atoms with E-state index in [0.29, 0.717) is 5.25 Å². The maximum atomic E-state index is 3.55. The summed E-state index contributed by atoms with van der Waals surface area (Å²) in [5, 5.41) is 4.14. The van der Waals surface area contributed by atoms with Crippen molar-refractivity contribution in [1.29, 1.82) is 0 Å². The molecule has 0 aliphatic carbocycles. The fourth-order valence-electron chi connectivity index (χ4n) is 1.51. The SMILES string of the molecule is Cc1ccc(SC(C)CNC(C)(C)C)cc1C. The number of benzene rings is 1. The van der Waals surface area contributed by atoms with Crippen LogP contribution in [0.15, 0.2) is 23.1 Å². The fraction of sp³-hybridized carbons (Fsp3) is 0.600. The Morgan fingerprint density at radius 3 is 2.35 bits per heavy atom. The summed E-state index contributed by atoms with van der Waals surface area (Å²) < 4.78 is 0. The van der Waals surface area contributed by atoms with Gasteiger partial charge in [0.25, 0.3) is 0 Å². The minimum atomic E-state index is 0.206. The Kier molecular flexibility index (Phi) is 5.08. The van der Waals surface area contributed by atoms with E-state index >= 15 is 0 Å². The molecule has 1 unspecified atom stereocenters. The smallest absolute Gasteiger partial charge is 0.0191 e. The van der Waals surface area contributed by atoms with Gasteiger partial charge in [-0.1, -0.05) is 13.0 Å². The molecule has 0 saturated heterocycles. The highest BCUT2D eigenvalue weighted by molar-refractivity contribution is 8.00. The molecule has 1 N–H and O–H groups in total. The van der Waals surface area contributed by atoms with Gasteiger partial charge in [-0.25, -0.2) is 0 Å². The van der Waals surface area contributed by atoms with E-state index in [1.165, 1.54) is 16.0 Å². The molecule has 0 heterocycles. The Morgan fingerprint density at radius 1 is 1.18 bits per heavy atom. The second kappa shape index (κ2) is 5.92. The van der Waals surface area contributed by atoms with E-state index in [9.17, 15) is 0 Å². The number of hydrogen-bond donors (Lipinski definition) is 1. The number of nitrogens with one attached hydrogen (secondary N) is 1. The van der Waals surface area contributed by atoms with Crippen molar-refractivity contribution in [3.8, 4) is 0 Å². The zero-order valence-corrected chi connectivity index (χ0v) is 12.7. The van der Waals surface area contributed by atoms with Gasteiger partial charge in [0, 0.05) is 22.2 Å². The predicted molar refractivity (Wildman–Crippen MR) is 79.0 cm³/mol. The molecule has 0 radical (unpaired) electrons. The lowest BCUT2D eigenvalue weighted by Gasteiger charge is -2.23. The second-order valence-corrected chi connectivity index (χ2v) is 7.32. The Labute approximate surface area is 110 Å².